The first kappa shape index (κ1) is 20.5. The fraction of sp³-hybridized carbons (Fsp3) is 0.286. The molecule has 2 N–H and O–H groups in total. The van der Waals surface area contributed by atoms with Gasteiger partial charge in [-0.2, -0.15) is 0 Å². The van der Waals surface area contributed by atoms with Gasteiger partial charge in [-0.3, -0.25) is 4.79 Å². The number of nitrogens with one attached hydrogen (secondary N) is 1. The molecule has 1 aliphatic heterocycles. The van der Waals surface area contributed by atoms with Crippen molar-refractivity contribution < 1.29 is 33.7 Å². The Morgan fingerprint density at radius 3 is 2.07 bits per heavy atom. The van der Waals surface area contributed by atoms with Gasteiger partial charge < -0.3 is 24.6 Å². The van der Waals surface area contributed by atoms with Crippen molar-refractivity contribution in [3.05, 3.63) is 71.8 Å². The van der Waals surface area contributed by atoms with Gasteiger partial charge in [0, 0.05) is 6.92 Å². The van der Waals surface area contributed by atoms with Crippen LogP contribution in [0.4, 0.5) is 0 Å². The van der Waals surface area contributed by atoms with Crippen LogP contribution in [0.3, 0.4) is 0 Å². The van der Waals surface area contributed by atoms with Gasteiger partial charge in [-0.1, -0.05) is 36.4 Å². The summed E-state index contributed by atoms with van der Waals surface area (Å²) in [7, 11) is 0. The van der Waals surface area contributed by atoms with Crippen LogP contribution >= 0.6 is 0 Å². The van der Waals surface area contributed by atoms with E-state index in [-0.39, 0.29) is 6.61 Å². The molecule has 8 nitrogen and oxygen atoms in total. The highest BCUT2D eigenvalue weighted by Gasteiger charge is 2.47. The molecule has 1 saturated heterocycles. The maximum absolute atomic E-state index is 12.3. The molecule has 0 spiro atoms. The van der Waals surface area contributed by atoms with Gasteiger partial charge in [0.15, 0.2) is 12.4 Å². The first-order chi connectivity index (χ1) is 14.0. The second kappa shape index (κ2) is 9.31. The number of rotatable bonds is 6. The van der Waals surface area contributed by atoms with E-state index in [1.807, 2.05) is 0 Å². The molecular formula is C21H21NO7. The summed E-state index contributed by atoms with van der Waals surface area (Å²) in [5.41, 5.74) is 0.648. The first-order valence-electron chi connectivity index (χ1n) is 9.04. The van der Waals surface area contributed by atoms with E-state index in [0.717, 1.165) is 0 Å². The molecule has 0 radical (unpaired) electrons. The Kier molecular flexibility index (Phi) is 6.58. The summed E-state index contributed by atoms with van der Waals surface area (Å²) in [5.74, 6) is -1.65. The molecule has 1 aliphatic rings. The maximum Gasteiger partial charge on any atom is 0.338 e. The van der Waals surface area contributed by atoms with Gasteiger partial charge >= 0.3 is 11.9 Å². The van der Waals surface area contributed by atoms with Crippen molar-refractivity contribution in [2.75, 3.05) is 6.61 Å². The van der Waals surface area contributed by atoms with Crippen molar-refractivity contribution >= 4 is 17.8 Å². The van der Waals surface area contributed by atoms with Crippen molar-refractivity contribution in [1.82, 2.24) is 5.32 Å². The van der Waals surface area contributed by atoms with Gasteiger partial charge in [0.2, 0.25) is 5.91 Å². The van der Waals surface area contributed by atoms with E-state index < -0.39 is 42.4 Å². The molecule has 0 bridgehead atoms. The van der Waals surface area contributed by atoms with Gasteiger partial charge in [-0.05, 0) is 24.3 Å². The molecule has 1 unspecified atom stereocenters. The third-order valence-corrected chi connectivity index (χ3v) is 4.36. The summed E-state index contributed by atoms with van der Waals surface area (Å²) in [4.78, 5) is 36.1. The summed E-state index contributed by atoms with van der Waals surface area (Å²) in [6.45, 7) is 1.04. The van der Waals surface area contributed by atoms with Crippen molar-refractivity contribution in [3.63, 3.8) is 0 Å². The minimum absolute atomic E-state index is 0.241. The molecule has 3 rings (SSSR count). The Balaban J connectivity index is 1.68. The first-order valence-corrected chi connectivity index (χ1v) is 9.04. The fourth-order valence-electron chi connectivity index (χ4n) is 3.00. The van der Waals surface area contributed by atoms with Crippen LogP contribution in [0.2, 0.25) is 0 Å². The lowest BCUT2D eigenvalue weighted by Gasteiger charge is -2.23. The molecule has 8 heteroatoms. The predicted octanol–water partition coefficient (Wildman–Crippen LogP) is 1.29. The zero-order chi connectivity index (χ0) is 20.8. The molecular weight excluding hydrogens is 378 g/mol. The van der Waals surface area contributed by atoms with E-state index in [1.165, 1.54) is 6.92 Å². The number of aliphatic hydroxyl groups is 1. The Labute approximate surface area is 167 Å². The van der Waals surface area contributed by atoms with E-state index in [1.54, 1.807) is 60.7 Å². The van der Waals surface area contributed by atoms with Crippen LogP contribution in [0.1, 0.15) is 27.6 Å². The number of hydrogen-bond donors (Lipinski definition) is 2. The Morgan fingerprint density at radius 1 is 0.966 bits per heavy atom. The SMILES string of the molecule is CC(=O)N[C@@H]1[C@@H](COC(=O)c2ccccc2)OC(O)[C@@H]1OC(=O)c1ccccc1. The van der Waals surface area contributed by atoms with Gasteiger partial charge in [-0.25, -0.2) is 9.59 Å². The summed E-state index contributed by atoms with van der Waals surface area (Å²) < 4.78 is 16.0. The molecule has 4 atom stereocenters. The molecule has 0 aliphatic carbocycles. The highest BCUT2D eigenvalue weighted by molar-refractivity contribution is 5.90. The van der Waals surface area contributed by atoms with E-state index >= 15 is 0 Å². The number of ether oxygens (including phenoxy) is 3. The van der Waals surface area contributed by atoms with Crippen LogP contribution in [-0.4, -0.2) is 54.1 Å². The summed E-state index contributed by atoms with van der Waals surface area (Å²) in [5, 5.41) is 12.8. The quantitative estimate of drug-likeness (QED) is 0.704. The normalized spacial score (nSPS) is 23.2. The van der Waals surface area contributed by atoms with Crippen molar-refractivity contribution in [3.8, 4) is 0 Å². The van der Waals surface area contributed by atoms with Crippen molar-refractivity contribution in [1.29, 1.82) is 0 Å². The monoisotopic (exact) mass is 399 g/mol. The standard InChI is InChI=1S/C21H21NO7/c1-13(23)22-17-16(12-27-19(24)14-8-4-2-5-9-14)28-21(26)18(17)29-20(25)15-10-6-3-7-11-15/h2-11,16-18,21,26H,12H2,1H3,(H,22,23)/t16-,17-,18-,21?/m1/s1. The lowest BCUT2D eigenvalue weighted by Crippen LogP contribution is -2.50. The molecule has 0 saturated carbocycles. The fourth-order valence-corrected chi connectivity index (χ4v) is 3.00. The Bertz CT molecular complexity index is 856. The smallest absolute Gasteiger partial charge is 0.338 e. The lowest BCUT2D eigenvalue weighted by atomic mass is 10.1. The maximum atomic E-state index is 12.3. The largest absolute Gasteiger partial charge is 0.459 e. The molecule has 2 aromatic carbocycles. The van der Waals surface area contributed by atoms with E-state index in [2.05, 4.69) is 5.32 Å². The van der Waals surface area contributed by atoms with E-state index in [9.17, 15) is 19.5 Å². The molecule has 1 heterocycles. The number of amides is 1. The minimum Gasteiger partial charge on any atom is -0.459 e. The van der Waals surface area contributed by atoms with Gasteiger partial charge in [0.1, 0.15) is 18.8 Å². The molecule has 152 valence electrons. The summed E-state index contributed by atoms with van der Waals surface area (Å²) in [6.07, 6.45) is -3.54. The molecule has 0 aromatic heterocycles. The number of esters is 2. The average molecular weight is 399 g/mol. The Morgan fingerprint density at radius 2 is 1.52 bits per heavy atom. The third-order valence-electron chi connectivity index (χ3n) is 4.36. The predicted molar refractivity (Wildman–Crippen MR) is 101 cm³/mol. The Hall–Kier alpha value is -3.23. The van der Waals surface area contributed by atoms with Crippen LogP contribution in [0.5, 0.6) is 0 Å². The average Bonchev–Trinajstić information content (AvgIpc) is 3.01. The van der Waals surface area contributed by atoms with Crippen LogP contribution < -0.4 is 5.32 Å². The second-order valence-corrected chi connectivity index (χ2v) is 6.49. The van der Waals surface area contributed by atoms with Gasteiger partial charge in [0.25, 0.3) is 0 Å². The molecule has 2 aromatic rings. The molecule has 29 heavy (non-hydrogen) atoms. The number of carbonyl (C=O) groups is 3. The number of benzene rings is 2. The second-order valence-electron chi connectivity index (χ2n) is 6.49. The van der Waals surface area contributed by atoms with Crippen LogP contribution in [0.15, 0.2) is 60.7 Å². The minimum atomic E-state index is -1.49. The lowest BCUT2D eigenvalue weighted by molar-refractivity contribution is -0.135. The molecule has 1 amide bonds. The third kappa shape index (κ3) is 5.18. The van der Waals surface area contributed by atoms with Gasteiger partial charge in [0.05, 0.1) is 11.1 Å². The van der Waals surface area contributed by atoms with Crippen molar-refractivity contribution in [2.24, 2.45) is 0 Å². The van der Waals surface area contributed by atoms with Crippen LogP contribution in [0.25, 0.3) is 0 Å². The van der Waals surface area contributed by atoms with Crippen LogP contribution in [-0.2, 0) is 19.0 Å². The number of aliphatic hydroxyl groups excluding tert-OH is 1. The zero-order valence-corrected chi connectivity index (χ0v) is 15.7. The molecule has 1 fully saturated rings. The highest BCUT2D eigenvalue weighted by Crippen LogP contribution is 2.24. The van der Waals surface area contributed by atoms with Crippen LogP contribution in [0, 0.1) is 0 Å². The van der Waals surface area contributed by atoms with Gasteiger partial charge in [-0.15, -0.1) is 0 Å². The topological polar surface area (TPSA) is 111 Å². The highest BCUT2D eigenvalue weighted by atomic mass is 16.7. The number of hydrogen-bond acceptors (Lipinski definition) is 7. The van der Waals surface area contributed by atoms with Crippen molar-refractivity contribution in [2.45, 2.75) is 31.5 Å². The summed E-state index contributed by atoms with van der Waals surface area (Å²) in [6, 6.07) is 15.7. The zero-order valence-electron chi connectivity index (χ0n) is 15.7. The van der Waals surface area contributed by atoms with E-state index in [4.69, 9.17) is 14.2 Å². The number of carbonyl (C=O) groups excluding carboxylic acids is 3. The van der Waals surface area contributed by atoms with E-state index in [0.29, 0.717) is 11.1 Å². The summed E-state index contributed by atoms with van der Waals surface area (Å²) >= 11 is 0.